The van der Waals surface area contributed by atoms with Crippen LogP contribution in [0.2, 0.25) is 0 Å². The van der Waals surface area contributed by atoms with E-state index >= 15 is 0 Å². The predicted octanol–water partition coefficient (Wildman–Crippen LogP) is 3.90. The molecule has 0 spiro atoms. The summed E-state index contributed by atoms with van der Waals surface area (Å²) in [4.78, 5) is 24.3. The van der Waals surface area contributed by atoms with Gasteiger partial charge in [-0.05, 0) is 44.2 Å². The van der Waals surface area contributed by atoms with E-state index in [4.69, 9.17) is 4.74 Å². The molecule has 0 radical (unpaired) electrons. The average Bonchev–Trinajstić information content (AvgIpc) is 2.48. The van der Waals surface area contributed by atoms with Crippen molar-refractivity contribution in [3.63, 3.8) is 0 Å². The van der Waals surface area contributed by atoms with E-state index in [0.717, 1.165) is 20.3 Å². The largest absolute Gasteiger partial charge is 0.462 e. The number of rotatable bonds is 2. The SMILES string of the molecule is CCOC(=O)c1ccc2c(=O)c3cc(C)ccc3sc2c1. The molecule has 1 aromatic heterocycles. The number of carbonyl (C=O) groups excluding carboxylic acids is 1. The maximum atomic E-state index is 12.5. The first-order valence-corrected chi connectivity index (χ1v) is 7.56. The molecule has 2 aromatic carbocycles. The molecule has 0 unspecified atom stereocenters. The lowest BCUT2D eigenvalue weighted by molar-refractivity contribution is 0.0526. The molecular weight excluding hydrogens is 284 g/mol. The minimum Gasteiger partial charge on any atom is -0.462 e. The van der Waals surface area contributed by atoms with E-state index < -0.39 is 0 Å². The zero-order chi connectivity index (χ0) is 15.0. The molecule has 0 bridgehead atoms. The van der Waals surface area contributed by atoms with Gasteiger partial charge in [0.25, 0.3) is 0 Å². The van der Waals surface area contributed by atoms with Gasteiger partial charge in [0.15, 0.2) is 5.43 Å². The molecule has 0 aliphatic rings. The minimum atomic E-state index is -0.358. The van der Waals surface area contributed by atoms with Crippen molar-refractivity contribution in [1.82, 2.24) is 0 Å². The van der Waals surface area contributed by atoms with Gasteiger partial charge in [-0.25, -0.2) is 4.79 Å². The zero-order valence-corrected chi connectivity index (χ0v) is 12.6. The quantitative estimate of drug-likeness (QED) is 0.532. The Kier molecular flexibility index (Phi) is 3.47. The van der Waals surface area contributed by atoms with Crippen molar-refractivity contribution < 1.29 is 9.53 Å². The number of ether oxygens (including phenoxy) is 1. The number of esters is 1. The lowest BCUT2D eigenvalue weighted by atomic mass is 10.1. The Labute approximate surface area is 125 Å². The molecule has 4 heteroatoms. The van der Waals surface area contributed by atoms with Gasteiger partial charge in [0, 0.05) is 20.2 Å². The van der Waals surface area contributed by atoms with Crippen LogP contribution in [-0.4, -0.2) is 12.6 Å². The molecule has 0 atom stereocenters. The van der Waals surface area contributed by atoms with Crippen LogP contribution < -0.4 is 5.43 Å². The van der Waals surface area contributed by atoms with E-state index in [0.29, 0.717) is 17.6 Å². The van der Waals surface area contributed by atoms with Crippen LogP contribution in [0.25, 0.3) is 20.2 Å². The second kappa shape index (κ2) is 5.30. The normalized spacial score (nSPS) is 11.0. The van der Waals surface area contributed by atoms with Gasteiger partial charge < -0.3 is 4.74 Å². The Balaban J connectivity index is 2.27. The highest BCUT2D eigenvalue weighted by Crippen LogP contribution is 2.26. The molecule has 1 heterocycles. The fourth-order valence-corrected chi connectivity index (χ4v) is 3.40. The van der Waals surface area contributed by atoms with Crippen LogP contribution in [-0.2, 0) is 4.74 Å². The molecule has 3 nitrogen and oxygen atoms in total. The standard InChI is InChI=1S/C17H14O3S/c1-3-20-17(19)11-5-6-12-15(9-11)21-14-7-4-10(2)8-13(14)16(12)18/h4-9H,3H2,1-2H3. The molecule has 3 rings (SSSR count). The molecule has 0 saturated carbocycles. The summed E-state index contributed by atoms with van der Waals surface area (Å²) < 4.78 is 6.73. The number of fused-ring (bicyclic) bond motifs is 2. The van der Waals surface area contributed by atoms with Gasteiger partial charge in [0.1, 0.15) is 0 Å². The smallest absolute Gasteiger partial charge is 0.338 e. The van der Waals surface area contributed by atoms with Crippen molar-refractivity contribution in [2.75, 3.05) is 6.61 Å². The van der Waals surface area contributed by atoms with Crippen LogP contribution in [0.4, 0.5) is 0 Å². The van der Waals surface area contributed by atoms with E-state index in [-0.39, 0.29) is 11.4 Å². The minimum absolute atomic E-state index is 0.0119. The highest BCUT2D eigenvalue weighted by molar-refractivity contribution is 7.24. The van der Waals surface area contributed by atoms with Gasteiger partial charge in [0.05, 0.1) is 12.2 Å². The van der Waals surface area contributed by atoms with Crippen molar-refractivity contribution in [3.05, 3.63) is 57.7 Å². The Morgan fingerprint density at radius 3 is 2.67 bits per heavy atom. The second-order valence-electron chi connectivity index (χ2n) is 4.86. The molecular formula is C17H14O3S. The van der Waals surface area contributed by atoms with Crippen LogP contribution in [0.15, 0.2) is 41.2 Å². The number of benzene rings is 2. The molecule has 3 aromatic rings. The van der Waals surface area contributed by atoms with Gasteiger partial charge in [-0.1, -0.05) is 11.6 Å². The monoisotopic (exact) mass is 298 g/mol. The topological polar surface area (TPSA) is 43.4 Å². The van der Waals surface area contributed by atoms with E-state index in [1.165, 1.54) is 11.3 Å². The van der Waals surface area contributed by atoms with Gasteiger partial charge in [-0.15, -0.1) is 11.3 Å². The van der Waals surface area contributed by atoms with Crippen LogP contribution in [0.3, 0.4) is 0 Å². The first kappa shape index (κ1) is 13.8. The van der Waals surface area contributed by atoms with Crippen LogP contribution in [0.5, 0.6) is 0 Å². The summed E-state index contributed by atoms with van der Waals surface area (Å²) in [6.07, 6.45) is 0. The van der Waals surface area contributed by atoms with Crippen molar-refractivity contribution in [3.8, 4) is 0 Å². The van der Waals surface area contributed by atoms with E-state index in [1.807, 2.05) is 25.1 Å². The van der Waals surface area contributed by atoms with Crippen molar-refractivity contribution >= 4 is 37.5 Å². The maximum Gasteiger partial charge on any atom is 0.338 e. The third-order valence-corrected chi connectivity index (χ3v) is 4.47. The van der Waals surface area contributed by atoms with Crippen LogP contribution >= 0.6 is 11.3 Å². The highest BCUT2D eigenvalue weighted by atomic mass is 32.1. The second-order valence-corrected chi connectivity index (χ2v) is 5.95. The van der Waals surface area contributed by atoms with E-state index in [1.54, 1.807) is 25.1 Å². The van der Waals surface area contributed by atoms with Crippen LogP contribution in [0, 0.1) is 6.92 Å². The Hall–Kier alpha value is -2.20. The van der Waals surface area contributed by atoms with E-state index in [9.17, 15) is 9.59 Å². The Morgan fingerprint density at radius 1 is 1.10 bits per heavy atom. The molecule has 0 aliphatic heterocycles. The van der Waals surface area contributed by atoms with Crippen molar-refractivity contribution in [2.45, 2.75) is 13.8 Å². The molecule has 0 fully saturated rings. The molecule has 106 valence electrons. The van der Waals surface area contributed by atoms with Gasteiger partial charge >= 0.3 is 5.97 Å². The first-order chi connectivity index (χ1) is 10.1. The Bertz CT molecular complexity index is 909. The summed E-state index contributed by atoms with van der Waals surface area (Å²) in [5.74, 6) is -0.358. The lowest BCUT2D eigenvalue weighted by Gasteiger charge is -2.05. The average molecular weight is 298 g/mol. The zero-order valence-electron chi connectivity index (χ0n) is 11.8. The Morgan fingerprint density at radius 2 is 1.90 bits per heavy atom. The fourth-order valence-electron chi connectivity index (χ4n) is 2.31. The molecule has 0 amide bonds. The van der Waals surface area contributed by atoms with Crippen molar-refractivity contribution in [1.29, 1.82) is 0 Å². The highest BCUT2D eigenvalue weighted by Gasteiger charge is 2.11. The van der Waals surface area contributed by atoms with E-state index in [2.05, 4.69) is 0 Å². The van der Waals surface area contributed by atoms with Gasteiger partial charge in [-0.2, -0.15) is 0 Å². The summed E-state index contributed by atoms with van der Waals surface area (Å²) in [6, 6.07) is 10.9. The molecule has 21 heavy (non-hydrogen) atoms. The fraction of sp³-hybridized carbons (Fsp3) is 0.176. The number of hydrogen-bond donors (Lipinski definition) is 0. The van der Waals surface area contributed by atoms with Gasteiger partial charge in [0.2, 0.25) is 0 Å². The number of hydrogen-bond acceptors (Lipinski definition) is 4. The molecule has 0 saturated heterocycles. The van der Waals surface area contributed by atoms with Crippen molar-refractivity contribution in [2.24, 2.45) is 0 Å². The number of aryl methyl sites for hydroxylation is 1. The first-order valence-electron chi connectivity index (χ1n) is 6.74. The summed E-state index contributed by atoms with van der Waals surface area (Å²) in [5.41, 5.74) is 1.55. The molecule has 0 aliphatic carbocycles. The van der Waals surface area contributed by atoms with Crippen LogP contribution in [0.1, 0.15) is 22.8 Å². The summed E-state index contributed by atoms with van der Waals surface area (Å²) >= 11 is 1.52. The van der Waals surface area contributed by atoms with Gasteiger partial charge in [-0.3, -0.25) is 4.79 Å². The summed E-state index contributed by atoms with van der Waals surface area (Å²) in [7, 11) is 0. The number of carbonyl (C=O) groups is 1. The molecule has 0 N–H and O–H groups in total. The summed E-state index contributed by atoms with van der Waals surface area (Å²) in [5, 5.41) is 1.38. The lowest BCUT2D eigenvalue weighted by Crippen LogP contribution is -2.06. The predicted molar refractivity (Wildman–Crippen MR) is 86.3 cm³/mol. The maximum absolute atomic E-state index is 12.5. The summed E-state index contributed by atoms with van der Waals surface area (Å²) in [6.45, 7) is 4.08. The third kappa shape index (κ3) is 2.43. The third-order valence-electron chi connectivity index (χ3n) is 3.34.